The first-order valence-corrected chi connectivity index (χ1v) is 6.64. The van der Waals surface area contributed by atoms with Crippen LogP contribution in [0.2, 0.25) is 0 Å². The Bertz CT molecular complexity index is 494. The molecule has 5 heteroatoms. The Balaban J connectivity index is 2.08. The van der Waals surface area contributed by atoms with Crippen molar-refractivity contribution in [2.24, 2.45) is 0 Å². The molecule has 0 aliphatic carbocycles. The fourth-order valence-electron chi connectivity index (χ4n) is 2.11. The molecular weight excluding hydrogens is 256 g/mol. The minimum absolute atomic E-state index is 0.0318. The third kappa shape index (κ3) is 3.51. The van der Waals surface area contributed by atoms with Crippen LogP contribution in [0.15, 0.2) is 24.3 Å². The molecular formula is C15H20N2O3. The highest BCUT2D eigenvalue weighted by molar-refractivity contribution is 5.92. The number of rotatable bonds is 4. The highest BCUT2D eigenvalue weighted by atomic mass is 16.5. The lowest BCUT2D eigenvalue weighted by Crippen LogP contribution is -2.45. The van der Waals surface area contributed by atoms with Crippen molar-refractivity contribution in [3.8, 4) is 11.5 Å². The first-order valence-electron chi connectivity index (χ1n) is 6.64. The van der Waals surface area contributed by atoms with Gasteiger partial charge in [0, 0.05) is 43.9 Å². The predicted molar refractivity (Wildman–Crippen MR) is 78.0 cm³/mol. The molecule has 0 bridgehead atoms. The lowest BCUT2D eigenvalue weighted by atomic mass is 10.1. The Morgan fingerprint density at radius 1 is 1.25 bits per heavy atom. The van der Waals surface area contributed by atoms with Crippen molar-refractivity contribution in [2.45, 2.75) is 0 Å². The normalized spacial score (nSPS) is 15.4. The van der Waals surface area contributed by atoms with E-state index in [2.05, 4.69) is 5.32 Å². The third-order valence-electron chi connectivity index (χ3n) is 3.27. The number of amides is 1. The van der Waals surface area contributed by atoms with Gasteiger partial charge in [-0.25, -0.2) is 0 Å². The molecule has 108 valence electrons. The van der Waals surface area contributed by atoms with Gasteiger partial charge in [-0.2, -0.15) is 0 Å². The Morgan fingerprint density at radius 2 is 2.00 bits per heavy atom. The number of methoxy groups -OCH3 is 2. The Morgan fingerprint density at radius 3 is 2.65 bits per heavy atom. The minimum atomic E-state index is 0.0318. The van der Waals surface area contributed by atoms with Crippen molar-refractivity contribution in [1.29, 1.82) is 0 Å². The number of nitrogens with zero attached hydrogens (tertiary/aromatic N) is 1. The van der Waals surface area contributed by atoms with E-state index < -0.39 is 0 Å². The summed E-state index contributed by atoms with van der Waals surface area (Å²) in [5, 5.41) is 3.22. The SMILES string of the molecule is COc1ccc(/C=C/C(=O)N2CCNCC2)c(OC)c1. The van der Waals surface area contributed by atoms with E-state index in [-0.39, 0.29) is 5.91 Å². The number of carbonyl (C=O) groups excluding carboxylic acids is 1. The zero-order valence-corrected chi connectivity index (χ0v) is 11.9. The molecule has 5 nitrogen and oxygen atoms in total. The third-order valence-corrected chi connectivity index (χ3v) is 3.27. The van der Waals surface area contributed by atoms with Gasteiger partial charge in [0.25, 0.3) is 0 Å². The number of benzene rings is 1. The maximum absolute atomic E-state index is 12.0. The van der Waals surface area contributed by atoms with E-state index in [4.69, 9.17) is 9.47 Å². The quantitative estimate of drug-likeness (QED) is 0.838. The summed E-state index contributed by atoms with van der Waals surface area (Å²) in [5.74, 6) is 1.45. The standard InChI is InChI=1S/C15H20N2O3/c1-19-13-5-3-12(14(11-13)20-2)4-6-15(18)17-9-7-16-8-10-17/h3-6,11,16H,7-10H2,1-2H3/b6-4+. The number of hydrogen-bond acceptors (Lipinski definition) is 4. The molecule has 1 aliphatic heterocycles. The molecule has 0 radical (unpaired) electrons. The van der Waals surface area contributed by atoms with Gasteiger partial charge < -0.3 is 19.7 Å². The predicted octanol–water partition coefficient (Wildman–Crippen LogP) is 1.15. The van der Waals surface area contributed by atoms with Crippen molar-refractivity contribution in [1.82, 2.24) is 10.2 Å². The molecule has 1 aromatic rings. The van der Waals surface area contributed by atoms with Gasteiger partial charge in [0.15, 0.2) is 0 Å². The summed E-state index contributed by atoms with van der Waals surface area (Å²) < 4.78 is 10.4. The van der Waals surface area contributed by atoms with Crippen LogP contribution < -0.4 is 14.8 Å². The first-order chi connectivity index (χ1) is 9.74. The van der Waals surface area contributed by atoms with Crippen LogP contribution in [0.5, 0.6) is 11.5 Å². The fourth-order valence-corrected chi connectivity index (χ4v) is 2.11. The fraction of sp³-hybridized carbons (Fsp3) is 0.400. The minimum Gasteiger partial charge on any atom is -0.497 e. The van der Waals surface area contributed by atoms with Crippen LogP contribution in [0.25, 0.3) is 6.08 Å². The molecule has 2 rings (SSSR count). The summed E-state index contributed by atoms with van der Waals surface area (Å²) in [6.45, 7) is 3.21. The van der Waals surface area contributed by atoms with E-state index in [9.17, 15) is 4.79 Å². The summed E-state index contributed by atoms with van der Waals surface area (Å²) in [6.07, 6.45) is 3.37. The Labute approximate surface area is 119 Å². The zero-order valence-electron chi connectivity index (χ0n) is 11.9. The number of carbonyl (C=O) groups is 1. The highest BCUT2D eigenvalue weighted by Crippen LogP contribution is 2.25. The molecule has 0 unspecified atom stereocenters. The van der Waals surface area contributed by atoms with E-state index in [0.717, 1.165) is 37.5 Å². The number of hydrogen-bond donors (Lipinski definition) is 1. The molecule has 1 heterocycles. The van der Waals surface area contributed by atoms with Crippen molar-refractivity contribution in [2.75, 3.05) is 40.4 Å². The van der Waals surface area contributed by atoms with Crippen LogP contribution in [0.4, 0.5) is 0 Å². The van der Waals surface area contributed by atoms with Gasteiger partial charge in [-0.05, 0) is 18.2 Å². The summed E-state index contributed by atoms with van der Waals surface area (Å²) in [6, 6.07) is 5.52. The molecule has 1 saturated heterocycles. The van der Waals surface area contributed by atoms with Crippen molar-refractivity contribution < 1.29 is 14.3 Å². The Kier molecular flexibility index (Phi) is 5.01. The van der Waals surface area contributed by atoms with E-state index in [1.165, 1.54) is 0 Å². The van der Waals surface area contributed by atoms with Crippen LogP contribution in [-0.2, 0) is 4.79 Å². The Hall–Kier alpha value is -2.01. The molecule has 0 saturated carbocycles. The van der Waals surface area contributed by atoms with Gasteiger partial charge >= 0.3 is 0 Å². The molecule has 20 heavy (non-hydrogen) atoms. The maximum Gasteiger partial charge on any atom is 0.246 e. The van der Waals surface area contributed by atoms with Crippen molar-refractivity contribution >= 4 is 12.0 Å². The van der Waals surface area contributed by atoms with Gasteiger partial charge in [0.1, 0.15) is 11.5 Å². The second kappa shape index (κ2) is 6.96. The summed E-state index contributed by atoms with van der Waals surface area (Å²) in [7, 11) is 3.21. The topological polar surface area (TPSA) is 50.8 Å². The van der Waals surface area contributed by atoms with Crippen LogP contribution in [0.3, 0.4) is 0 Å². The van der Waals surface area contributed by atoms with Crippen molar-refractivity contribution in [3.05, 3.63) is 29.8 Å². The summed E-state index contributed by atoms with van der Waals surface area (Å²) >= 11 is 0. The van der Waals surface area contributed by atoms with E-state index >= 15 is 0 Å². The molecule has 0 spiro atoms. The second-order valence-electron chi connectivity index (χ2n) is 4.52. The summed E-state index contributed by atoms with van der Waals surface area (Å²) in [4.78, 5) is 13.9. The van der Waals surface area contributed by atoms with Gasteiger partial charge in [-0.3, -0.25) is 4.79 Å². The van der Waals surface area contributed by atoms with Crippen LogP contribution >= 0.6 is 0 Å². The number of piperazine rings is 1. The van der Waals surface area contributed by atoms with Gasteiger partial charge in [-0.15, -0.1) is 0 Å². The molecule has 1 fully saturated rings. The monoisotopic (exact) mass is 276 g/mol. The van der Waals surface area contributed by atoms with Gasteiger partial charge in [-0.1, -0.05) is 0 Å². The van der Waals surface area contributed by atoms with Crippen LogP contribution in [0.1, 0.15) is 5.56 Å². The van der Waals surface area contributed by atoms with Crippen molar-refractivity contribution in [3.63, 3.8) is 0 Å². The molecule has 1 aromatic carbocycles. The molecule has 1 N–H and O–H groups in total. The highest BCUT2D eigenvalue weighted by Gasteiger charge is 2.13. The molecule has 1 aliphatic rings. The lowest BCUT2D eigenvalue weighted by Gasteiger charge is -2.26. The maximum atomic E-state index is 12.0. The van der Waals surface area contributed by atoms with Crippen LogP contribution in [0, 0.1) is 0 Å². The zero-order chi connectivity index (χ0) is 14.4. The first kappa shape index (κ1) is 14.4. The number of nitrogens with one attached hydrogen (secondary N) is 1. The smallest absolute Gasteiger partial charge is 0.246 e. The lowest BCUT2D eigenvalue weighted by molar-refractivity contribution is -0.126. The van der Waals surface area contributed by atoms with E-state index in [1.807, 2.05) is 17.0 Å². The van der Waals surface area contributed by atoms with E-state index in [1.54, 1.807) is 32.4 Å². The number of ether oxygens (including phenoxy) is 2. The molecule has 1 amide bonds. The van der Waals surface area contributed by atoms with Gasteiger partial charge in [0.2, 0.25) is 5.91 Å². The van der Waals surface area contributed by atoms with Crippen LogP contribution in [-0.4, -0.2) is 51.2 Å². The molecule has 0 aromatic heterocycles. The van der Waals surface area contributed by atoms with Gasteiger partial charge in [0.05, 0.1) is 14.2 Å². The largest absolute Gasteiger partial charge is 0.497 e. The average Bonchev–Trinajstić information content (AvgIpc) is 2.53. The average molecular weight is 276 g/mol. The molecule has 0 atom stereocenters. The second-order valence-corrected chi connectivity index (χ2v) is 4.52. The summed E-state index contributed by atoms with van der Waals surface area (Å²) in [5.41, 5.74) is 0.858. The van der Waals surface area contributed by atoms with E-state index in [0.29, 0.717) is 5.75 Å².